The maximum atomic E-state index is 11.8. The van der Waals surface area contributed by atoms with E-state index in [1.807, 2.05) is 5.32 Å². The molecule has 2 amide bonds. The number of aliphatic hydroxyl groups is 1. The Bertz CT molecular complexity index is 636. The fourth-order valence-electron chi connectivity index (χ4n) is 1.38. The largest absolute Gasteiger partial charge is 0.512 e. The van der Waals surface area contributed by atoms with Gasteiger partial charge in [-0.15, -0.1) is 0 Å². The molecule has 3 N–H and O–H groups in total. The third-order valence-corrected chi connectivity index (χ3v) is 2.63. The number of carbonyl (C=O) groups excluding carboxylic acids is 2. The second-order valence-corrected chi connectivity index (χ2v) is 4.50. The number of nitrogens with zero attached hydrogens (tertiary/aromatic N) is 1. The van der Waals surface area contributed by atoms with E-state index in [-0.39, 0.29) is 29.4 Å². The number of aliphatic hydroxyl groups excluding tert-OH is 1. The summed E-state index contributed by atoms with van der Waals surface area (Å²) in [4.78, 5) is 26.9. The lowest BCUT2D eigenvalue weighted by atomic mass is 10.2. The summed E-state index contributed by atoms with van der Waals surface area (Å²) < 4.78 is 4.56. The van der Waals surface area contributed by atoms with Gasteiger partial charge in [-0.2, -0.15) is 0 Å². The molecule has 0 bridgehead atoms. The fraction of sp³-hybridized carbons (Fsp3) is 0.214. The lowest BCUT2D eigenvalue weighted by Crippen LogP contribution is -2.33. The number of ether oxygens (including phenoxy) is 1. The fourth-order valence-corrected chi connectivity index (χ4v) is 1.54. The molecule has 118 valence electrons. The first-order chi connectivity index (χ1) is 10.3. The Morgan fingerprint density at radius 1 is 1.45 bits per heavy atom. The molecule has 7 nitrogen and oxygen atoms in total. The second kappa shape index (κ2) is 8.04. The normalized spacial score (nSPS) is 12.0. The number of rotatable bonds is 4. The highest BCUT2D eigenvalue weighted by Crippen LogP contribution is 2.29. The van der Waals surface area contributed by atoms with Crippen LogP contribution in [0.1, 0.15) is 13.8 Å². The van der Waals surface area contributed by atoms with Crippen LogP contribution < -0.4 is 5.32 Å². The van der Waals surface area contributed by atoms with Gasteiger partial charge in [-0.25, -0.2) is 4.79 Å². The first-order valence-corrected chi connectivity index (χ1v) is 6.63. The zero-order valence-electron chi connectivity index (χ0n) is 12.0. The summed E-state index contributed by atoms with van der Waals surface area (Å²) in [7, 11) is 0. The molecule has 0 aliphatic heterocycles. The number of amides is 2. The molecule has 22 heavy (non-hydrogen) atoms. The third-order valence-electron chi connectivity index (χ3n) is 2.40. The van der Waals surface area contributed by atoms with E-state index in [0.717, 1.165) is 6.21 Å². The molecule has 1 aromatic carbocycles. The Balaban J connectivity index is 2.96. The molecule has 0 unspecified atom stereocenters. The van der Waals surface area contributed by atoms with Gasteiger partial charge in [-0.3, -0.25) is 15.1 Å². The Kier molecular flexibility index (Phi) is 6.40. The van der Waals surface area contributed by atoms with Gasteiger partial charge >= 0.3 is 6.09 Å². The molecule has 0 atom stereocenters. The van der Waals surface area contributed by atoms with Crippen molar-refractivity contribution in [3.05, 3.63) is 34.6 Å². The molecule has 0 saturated carbocycles. The van der Waals surface area contributed by atoms with E-state index in [1.165, 1.54) is 25.1 Å². The molecule has 8 heteroatoms. The van der Waals surface area contributed by atoms with E-state index in [2.05, 4.69) is 9.73 Å². The van der Waals surface area contributed by atoms with Crippen molar-refractivity contribution in [2.45, 2.75) is 13.8 Å². The van der Waals surface area contributed by atoms with Crippen LogP contribution in [0.3, 0.4) is 0 Å². The molecule has 0 spiro atoms. The Morgan fingerprint density at radius 2 is 2.14 bits per heavy atom. The van der Waals surface area contributed by atoms with E-state index in [4.69, 9.17) is 11.6 Å². The predicted molar refractivity (Wildman–Crippen MR) is 81.8 cm³/mol. The van der Waals surface area contributed by atoms with Crippen LogP contribution in [-0.2, 0) is 9.53 Å². The van der Waals surface area contributed by atoms with Crippen molar-refractivity contribution in [2.24, 2.45) is 4.99 Å². The highest BCUT2D eigenvalue weighted by atomic mass is 35.5. The molecular formula is C14H15ClN2O5. The Morgan fingerprint density at radius 3 is 2.73 bits per heavy atom. The molecule has 1 aromatic rings. The van der Waals surface area contributed by atoms with Gasteiger partial charge in [0.15, 0.2) is 0 Å². The number of aromatic hydroxyl groups is 1. The average molecular weight is 327 g/mol. The summed E-state index contributed by atoms with van der Waals surface area (Å²) in [6.07, 6.45) is 0.0696. The highest BCUT2D eigenvalue weighted by molar-refractivity contribution is 6.31. The predicted octanol–water partition coefficient (Wildman–Crippen LogP) is 2.85. The van der Waals surface area contributed by atoms with E-state index < -0.39 is 12.0 Å². The molecule has 1 rings (SSSR count). The van der Waals surface area contributed by atoms with E-state index in [0.29, 0.717) is 5.02 Å². The lowest BCUT2D eigenvalue weighted by molar-refractivity contribution is -0.116. The number of alkyl carbamates (subject to hydrolysis) is 1. The minimum Gasteiger partial charge on any atom is -0.512 e. The summed E-state index contributed by atoms with van der Waals surface area (Å²) >= 11 is 5.77. The number of phenolic OH excluding ortho intramolecular Hbond substituents is 1. The minimum atomic E-state index is -0.940. The van der Waals surface area contributed by atoms with E-state index in [9.17, 15) is 19.8 Å². The second-order valence-electron chi connectivity index (χ2n) is 4.06. The van der Waals surface area contributed by atoms with Gasteiger partial charge in [-0.05, 0) is 32.0 Å². The number of phenols is 1. The number of allylic oxidation sites excluding steroid dienone is 1. The van der Waals surface area contributed by atoms with Crippen molar-refractivity contribution in [2.75, 3.05) is 6.61 Å². The Hall–Kier alpha value is -2.54. The number of nitrogens with one attached hydrogen (secondary N) is 1. The molecule has 0 fully saturated rings. The van der Waals surface area contributed by atoms with Gasteiger partial charge in [0.05, 0.1) is 12.2 Å². The van der Waals surface area contributed by atoms with Crippen LogP contribution in [0.5, 0.6) is 5.75 Å². The van der Waals surface area contributed by atoms with Crippen molar-refractivity contribution in [3.63, 3.8) is 0 Å². The summed E-state index contributed by atoms with van der Waals surface area (Å²) in [5.41, 5.74) is -0.150. The van der Waals surface area contributed by atoms with Crippen molar-refractivity contribution in [1.29, 1.82) is 0 Å². The number of benzene rings is 1. The van der Waals surface area contributed by atoms with Crippen LogP contribution in [0.4, 0.5) is 10.5 Å². The van der Waals surface area contributed by atoms with Gasteiger partial charge in [0.1, 0.15) is 17.2 Å². The van der Waals surface area contributed by atoms with Crippen LogP contribution in [-0.4, -0.2) is 35.0 Å². The van der Waals surface area contributed by atoms with Crippen LogP contribution in [0.15, 0.2) is 34.5 Å². The standard InChI is InChI=1S/C14H15ClN2O5/c1-3-22-14(21)17-13(20)10(8(2)18)7-16-11-6-9(15)4-5-12(11)19/h4-7,18-19H,3H2,1-2H3,(H,17,20,21). The lowest BCUT2D eigenvalue weighted by Gasteiger charge is -2.05. The molecule has 0 aliphatic carbocycles. The highest BCUT2D eigenvalue weighted by Gasteiger charge is 2.15. The quantitative estimate of drug-likeness (QED) is 0.448. The van der Waals surface area contributed by atoms with Crippen LogP contribution in [0.25, 0.3) is 0 Å². The number of hydrogen-bond acceptors (Lipinski definition) is 6. The van der Waals surface area contributed by atoms with E-state index in [1.54, 1.807) is 6.92 Å². The molecule has 0 heterocycles. The summed E-state index contributed by atoms with van der Waals surface area (Å²) in [5, 5.41) is 21.4. The number of halogens is 1. The minimum absolute atomic E-state index is 0.0980. The molecule has 0 aliphatic rings. The van der Waals surface area contributed by atoms with Crippen molar-refractivity contribution < 1.29 is 24.5 Å². The zero-order valence-corrected chi connectivity index (χ0v) is 12.7. The SMILES string of the molecule is CCOC(=O)NC(=O)C(C=Nc1cc(Cl)ccc1O)=C(C)O. The van der Waals surface area contributed by atoms with Gasteiger partial charge in [0, 0.05) is 11.2 Å². The van der Waals surface area contributed by atoms with Crippen LogP contribution >= 0.6 is 11.6 Å². The molecular weight excluding hydrogens is 312 g/mol. The number of imide groups is 1. The van der Waals surface area contributed by atoms with Crippen molar-refractivity contribution >= 4 is 35.5 Å². The van der Waals surface area contributed by atoms with E-state index >= 15 is 0 Å². The first kappa shape index (κ1) is 17.5. The molecule has 0 radical (unpaired) electrons. The average Bonchev–Trinajstić information content (AvgIpc) is 2.42. The number of aliphatic imine (C=N–C) groups is 1. The monoisotopic (exact) mass is 326 g/mol. The maximum absolute atomic E-state index is 11.8. The topological polar surface area (TPSA) is 108 Å². The summed E-state index contributed by atoms with van der Waals surface area (Å²) in [6, 6.07) is 4.18. The summed E-state index contributed by atoms with van der Waals surface area (Å²) in [6.45, 7) is 2.94. The van der Waals surface area contributed by atoms with Gasteiger partial charge in [0.25, 0.3) is 5.91 Å². The van der Waals surface area contributed by atoms with Gasteiger partial charge < -0.3 is 14.9 Å². The molecule has 0 saturated heterocycles. The zero-order chi connectivity index (χ0) is 16.7. The van der Waals surface area contributed by atoms with Gasteiger partial charge in [0.2, 0.25) is 0 Å². The Labute approximate surface area is 131 Å². The van der Waals surface area contributed by atoms with Crippen molar-refractivity contribution in [1.82, 2.24) is 5.32 Å². The maximum Gasteiger partial charge on any atom is 0.414 e. The smallest absolute Gasteiger partial charge is 0.414 e. The van der Waals surface area contributed by atoms with Crippen LogP contribution in [0, 0.1) is 0 Å². The van der Waals surface area contributed by atoms with Crippen molar-refractivity contribution in [3.8, 4) is 5.75 Å². The van der Waals surface area contributed by atoms with Crippen LogP contribution in [0.2, 0.25) is 5.02 Å². The van der Waals surface area contributed by atoms with Gasteiger partial charge in [-0.1, -0.05) is 11.6 Å². The first-order valence-electron chi connectivity index (χ1n) is 6.25. The summed E-state index contributed by atoms with van der Waals surface area (Å²) in [5.74, 6) is -1.39. The third kappa shape index (κ3) is 5.10. The number of carbonyl (C=O) groups is 2. The molecule has 0 aromatic heterocycles. The number of hydrogen-bond donors (Lipinski definition) is 3.